The standard InChI is InChI=1S/C19H35N2O4.Ac/c1-8-19(9-2,23-7)18(20)17-15(12-25-14(5)24-10-3)11-16(13(4)22)21(17)6;/h8,14-18,20H,1,9-12H2,2-7H3;/q-1;/t14?,15-,16+,17+,18?,19?;/m0./s1. The smallest absolute Gasteiger partial charge is 0.154 e. The number of hydrogen-bond donors (Lipinski definition) is 0. The number of ether oxygens (including phenoxy) is 3. The summed E-state index contributed by atoms with van der Waals surface area (Å²) >= 11 is 0. The van der Waals surface area contributed by atoms with Crippen molar-refractivity contribution in [3.8, 4) is 0 Å². The summed E-state index contributed by atoms with van der Waals surface area (Å²) in [6.45, 7) is 12.3. The van der Waals surface area contributed by atoms with Gasteiger partial charge in [-0.2, -0.15) is 0 Å². The van der Waals surface area contributed by atoms with E-state index >= 15 is 0 Å². The molecule has 1 aliphatic rings. The number of nitrogens with zero attached hydrogens (tertiary/aromatic N) is 1. The van der Waals surface area contributed by atoms with Crippen molar-refractivity contribution in [2.24, 2.45) is 5.92 Å². The Morgan fingerprint density at radius 3 is 2.46 bits per heavy atom. The Morgan fingerprint density at radius 1 is 1.42 bits per heavy atom. The number of likely N-dealkylation sites (tertiary alicyclic amines) is 1. The van der Waals surface area contributed by atoms with Crippen LogP contribution in [0.5, 0.6) is 0 Å². The summed E-state index contributed by atoms with van der Waals surface area (Å²) in [5.41, 5.74) is 8.16. The van der Waals surface area contributed by atoms with E-state index in [2.05, 4.69) is 6.58 Å². The second kappa shape index (κ2) is 12.3. The number of carbonyl (C=O) groups excluding carboxylic acids is 1. The fraction of sp³-hybridized carbons (Fsp3) is 0.842. The SMILES string of the molecule is C=CC(CC)(OC)C([NH-])[C@H]1[C@H](COC(C)OCC)C[C@H](C(C)=O)N1C.[Ac]. The van der Waals surface area contributed by atoms with Crippen LogP contribution < -0.4 is 0 Å². The zero-order valence-corrected chi connectivity index (χ0v) is 21.9. The summed E-state index contributed by atoms with van der Waals surface area (Å²) in [6.07, 6.45) is 2.76. The molecule has 1 radical (unpaired) electrons. The minimum absolute atomic E-state index is 0. The molecule has 26 heavy (non-hydrogen) atoms. The minimum atomic E-state index is -0.742. The molecule has 0 aromatic carbocycles. The number of nitrogens with one attached hydrogen (secondary N) is 1. The van der Waals surface area contributed by atoms with Gasteiger partial charge in [0.05, 0.1) is 18.2 Å². The maximum atomic E-state index is 12.0. The van der Waals surface area contributed by atoms with Crippen molar-refractivity contribution in [3.05, 3.63) is 18.4 Å². The molecule has 1 heterocycles. The van der Waals surface area contributed by atoms with Crippen LogP contribution in [-0.2, 0) is 19.0 Å². The van der Waals surface area contributed by atoms with E-state index in [0.717, 1.165) is 0 Å². The molecule has 6 atom stereocenters. The van der Waals surface area contributed by atoms with E-state index in [1.807, 2.05) is 32.7 Å². The zero-order chi connectivity index (χ0) is 19.2. The number of Topliss-reactive ketones (excluding diaryl/α,β-unsaturated/α-hetero) is 1. The summed E-state index contributed by atoms with van der Waals surface area (Å²) in [5, 5.41) is 0. The Hall–Kier alpha value is 0.652. The van der Waals surface area contributed by atoms with Gasteiger partial charge in [0, 0.05) is 63.8 Å². The first-order valence-corrected chi connectivity index (χ1v) is 9.13. The van der Waals surface area contributed by atoms with Gasteiger partial charge in [0.25, 0.3) is 0 Å². The van der Waals surface area contributed by atoms with Gasteiger partial charge < -0.3 is 19.9 Å². The Labute approximate surface area is 194 Å². The van der Waals surface area contributed by atoms with Crippen LogP contribution in [0, 0.1) is 50.0 Å². The van der Waals surface area contributed by atoms with Gasteiger partial charge in [0.2, 0.25) is 0 Å². The quantitative estimate of drug-likeness (QED) is 0.277. The van der Waals surface area contributed by atoms with E-state index < -0.39 is 11.6 Å². The van der Waals surface area contributed by atoms with Crippen molar-refractivity contribution in [1.82, 2.24) is 4.90 Å². The van der Waals surface area contributed by atoms with Gasteiger partial charge in [0.15, 0.2) is 6.29 Å². The van der Waals surface area contributed by atoms with E-state index in [-0.39, 0.29) is 74.1 Å². The molecular formula is C19H35AcN2O4-. The van der Waals surface area contributed by atoms with Gasteiger partial charge in [-0.1, -0.05) is 19.0 Å². The first-order chi connectivity index (χ1) is 11.8. The van der Waals surface area contributed by atoms with E-state index in [4.69, 9.17) is 19.9 Å². The molecule has 0 saturated carbocycles. The second-order valence-electron chi connectivity index (χ2n) is 6.83. The van der Waals surface area contributed by atoms with Crippen molar-refractivity contribution >= 4 is 5.78 Å². The summed E-state index contributed by atoms with van der Waals surface area (Å²) in [5.74, 6) is 0.184. The Balaban J connectivity index is 0.00000625. The molecule has 0 amide bonds. The molecule has 0 aromatic heterocycles. The zero-order valence-electron chi connectivity index (χ0n) is 17.2. The predicted molar refractivity (Wildman–Crippen MR) is 99.5 cm³/mol. The third-order valence-electron chi connectivity index (χ3n) is 5.53. The Bertz CT molecular complexity index is 445. The number of hydrogen-bond acceptors (Lipinski definition) is 5. The fourth-order valence-corrected chi connectivity index (χ4v) is 3.94. The van der Waals surface area contributed by atoms with Crippen LogP contribution in [0.25, 0.3) is 5.73 Å². The molecule has 3 unspecified atom stereocenters. The van der Waals surface area contributed by atoms with E-state index in [9.17, 15) is 4.79 Å². The third kappa shape index (κ3) is 6.07. The average molecular weight is 582 g/mol. The number of methoxy groups -OCH3 is 1. The predicted octanol–water partition coefficient (Wildman–Crippen LogP) is 3.07. The molecule has 1 rings (SSSR count). The third-order valence-corrected chi connectivity index (χ3v) is 5.53. The number of ketones is 1. The van der Waals surface area contributed by atoms with Crippen molar-refractivity contribution in [2.45, 2.75) is 70.6 Å². The maximum Gasteiger partial charge on any atom is 0.154 e. The Morgan fingerprint density at radius 2 is 2.04 bits per heavy atom. The summed E-state index contributed by atoms with van der Waals surface area (Å²) < 4.78 is 16.9. The molecule has 1 aliphatic heterocycles. The van der Waals surface area contributed by atoms with Crippen LogP contribution in [0.3, 0.4) is 0 Å². The molecular weight excluding hydrogens is 547 g/mol. The van der Waals surface area contributed by atoms with E-state index in [1.54, 1.807) is 20.1 Å². The maximum absolute atomic E-state index is 12.0. The molecule has 0 aliphatic carbocycles. The summed E-state index contributed by atoms with van der Waals surface area (Å²) in [4.78, 5) is 14.1. The monoisotopic (exact) mass is 582 g/mol. The number of likely N-dealkylation sites (N-methyl/N-ethyl adjacent to an activating group) is 1. The number of carbonyl (C=O) groups is 1. The molecule has 1 fully saturated rings. The molecule has 7 heteroatoms. The fourth-order valence-electron chi connectivity index (χ4n) is 3.94. The molecule has 1 N–H and O–H groups in total. The first-order valence-electron chi connectivity index (χ1n) is 9.13. The van der Waals surface area contributed by atoms with Gasteiger partial charge in [-0.15, -0.1) is 6.58 Å². The molecule has 1 saturated heterocycles. The minimum Gasteiger partial charge on any atom is -0.671 e. The molecule has 0 aromatic rings. The van der Waals surface area contributed by atoms with Crippen molar-refractivity contribution in [2.75, 3.05) is 27.4 Å². The summed E-state index contributed by atoms with van der Waals surface area (Å²) in [7, 11) is 3.54. The Kier molecular flexibility index (Phi) is 12.6. The normalized spacial score (nSPS) is 28.0. The van der Waals surface area contributed by atoms with Crippen LogP contribution >= 0.6 is 0 Å². The first kappa shape index (κ1) is 26.7. The van der Waals surface area contributed by atoms with Crippen LogP contribution in [-0.4, -0.2) is 68.1 Å². The molecule has 6 nitrogen and oxygen atoms in total. The van der Waals surface area contributed by atoms with Gasteiger partial charge in [-0.05, 0) is 46.6 Å². The average Bonchev–Trinajstić information content (AvgIpc) is 2.91. The molecule has 0 bridgehead atoms. The van der Waals surface area contributed by atoms with E-state index in [0.29, 0.717) is 26.1 Å². The van der Waals surface area contributed by atoms with Crippen molar-refractivity contribution in [1.29, 1.82) is 0 Å². The second-order valence-corrected chi connectivity index (χ2v) is 6.83. The largest absolute Gasteiger partial charge is 0.671 e. The number of rotatable bonds is 11. The van der Waals surface area contributed by atoms with E-state index in [1.165, 1.54) is 0 Å². The van der Waals surface area contributed by atoms with Crippen LogP contribution in [0.4, 0.5) is 0 Å². The van der Waals surface area contributed by atoms with Gasteiger partial charge >= 0.3 is 0 Å². The van der Waals surface area contributed by atoms with Crippen LogP contribution in [0.1, 0.15) is 40.5 Å². The molecule has 149 valence electrons. The molecule has 0 spiro atoms. The topological polar surface area (TPSA) is 71.8 Å². The van der Waals surface area contributed by atoms with Crippen molar-refractivity contribution < 1.29 is 63.1 Å². The van der Waals surface area contributed by atoms with Gasteiger partial charge in [-0.3, -0.25) is 9.69 Å². The van der Waals surface area contributed by atoms with Crippen LogP contribution in [0.2, 0.25) is 0 Å². The van der Waals surface area contributed by atoms with Gasteiger partial charge in [-0.25, -0.2) is 0 Å². The van der Waals surface area contributed by atoms with Crippen LogP contribution in [0.15, 0.2) is 12.7 Å². The van der Waals surface area contributed by atoms with Crippen molar-refractivity contribution in [3.63, 3.8) is 0 Å². The summed E-state index contributed by atoms with van der Waals surface area (Å²) in [6, 6.07) is -0.906. The van der Waals surface area contributed by atoms with Gasteiger partial charge in [0.1, 0.15) is 5.78 Å².